The number of hydrazone groups is 1. The zero-order valence-electron chi connectivity index (χ0n) is 12.6. The number of nitro groups is 1. The Hall–Kier alpha value is -3.20. The zero-order valence-corrected chi connectivity index (χ0v) is 13.4. The molecule has 1 N–H and O–H groups in total. The summed E-state index contributed by atoms with van der Waals surface area (Å²) in [4.78, 5) is 15.3. The summed E-state index contributed by atoms with van der Waals surface area (Å²) in [7, 11) is 0. The van der Waals surface area contributed by atoms with Gasteiger partial charge in [0.05, 0.1) is 32.8 Å². The van der Waals surface area contributed by atoms with Crippen molar-refractivity contribution in [3.63, 3.8) is 0 Å². The normalized spacial score (nSPS) is 11.3. The van der Waals surface area contributed by atoms with Gasteiger partial charge in [0.1, 0.15) is 0 Å². The van der Waals surface area contributed by atoms with Gasteiger partial charge in [0.25, 0.3) is 11.6 Å². The first-order valence-electron chi connectivity index (χ1n) is 6.92. The number of nitrogens with zero attached hydrogens (tertiary/aromatic N) is 5. The minimum atomic E-state index is -0.433. The fourth-order valence-corrected chi connectivity index (χ4v) is 2.71. The lowest BCUT2D eigenvalue weighted by Crippen LogP contribution is -2.02. The van der Waals surface area contributed by atoms with E-state index in [1.807, 2.05) is 30.3 Å². The first kappa shape index (κ1) is 15.7. The van der Waals surface area contributed by atoms with Gasteiger partial charge in [0, 0.05) is 11.6 Å². The maximum absolute atomic E-state index is 10.7. The van der Waals surface area contributed by atoms with E-state index in [0.29, 0.717) is 16.3 Å². The minimum Gasteiger partial charge on any atom is -0.258 e. The number of nitrogens with one attached hydrogen (secondary N) is 1. The maximum atomic E-state index is 10.7. The summed E-state index contributed by atoms with van der Waals surface area (Å²) in [6.07, 6.45) is 1.57. The average Bonchev–Trinajstić information content (AvgIpc) is 3.11. The van der Waals surface area contributed by atoms with E-state index in [4.69, 9.17) is 0 Å². The van der Waals surface area contributed by atoms with Crippen LogP contribution in [0.4, 0.5) is 11.6 Å². The Balaban J connectivity index is 1.77. The molecule has 120 valence electrons. The standard InChI is InChI=1S/C15H12N6O2S/c1-10(14-7-12(9-24-14)21(22)23)18-20-15-17-13(8-16-19-15)11-5-3-2-4-6-11/h2-9H,1H3,(H,17,19,20). The van der Waals surface area contributed by atoms with Crippen molar-refractivity contribution in [1.82, 2.24) is 15.2 Å². The van der Waals surface area contributed by atoms with Crippen LogP contribution in [-0.4, -0.2) is 25.8 Å². The van der Waals surface area contributed by atoms with Crippen LogP contribution in [0.2, 0.25) is 0 Å². The first-order valence-corrected chi connectivity index (χ1v) is 7.80. The van der Waals surface area contributed by atoms with Gasteiger partial charge in [-0.25, -0.2) is 10.4 Å². The fraction of sp³-hybridized carbons (Fsp3) is 0.0667. The van der Waals surface area contributed by atoms with Gasteiger partial charge in [0.15, 0.2) is 0 Å². The Morgan fingerprint density at radius 3 is 2.83 bits per heavy atom. The smallest absolute Gasteiger partial charge is 0.258 e. The summed E-state index contributed by atoms with van der Waals surface area (Å²) in [5.74, 6) is 0.252. The van der Waals surface area contributed by atoms with Crippen molar-refractivity contribution < 1.29 is 4.92 Å². The van der Waals surface area contributed by atoms with Crippen molar-refractivity contribution in [2.45, 2.75) is 6.92 Å². The highest BCUT2D eigenvalue weighted by atomic mass is 32.1. The lowest BCUT2D eigenvalue weighted by atomic mass is 10.2. The highest BCUT2D eigenvalue weighted by Gasteiger charge is 2.11. The van der Waals surface area contributed by atoms with Crippen LogP contribution in [0.3, 0.4) is 0 Å². The van der Waals surface area contributed by atoms with Crippen molar-refractivity contribution in [2.24, 2.45) is 5.10 Å². The highest BCUT2D eigenvalue weighted by Crippen LogP contribution is 2.22. The Bertz CT molecular complexity index is 894. The minimum absolute atomic E-state index is 0.0496. The molecule has 0 amide bonds. The molecule has 0 saturated carbocycles. The van der Waals surface area contributed by atoms with Crippen molar-refractivity contribution >= 4 is 28.7 Å². The molecule has 0 unspecified atom stereocenters. The van der Waals surface area contributed by atoms with Crippen LogP contribution in [0.25, 0.3) is 11.3 Å². The molecule has 2 heterocycles. The van der Waals surface area contributed by atoms with Gasteiger partial charge >= 0.3 is 0 Å². The summed E-state index contributed by atoms with van der Waals surface area (Å²) < 4.78 is 0. The molecule has 0 spiro atoms. The molecule has 24 heavy (non-hydrogen) atoms. The van der Waals surface area contributed by atoms with Crippen molar-refractivity contribution in [2.75, 3.05) is 5.43 Å². The second-order valence-corrected chi connectivity index (χ2v) is 5.68. The van der Waals surface area contributed by atoms with Gasteiger partial charge in [-0.15, -0.1) is 16.4 Å². The largest absolute Gasteiger partial charge is 0.280 e. The molecule has 8 nitrogen and oxygen atoms in total. The SMILES string of the molecule is CC(=NNc1nncc(-c2ccccc2)n1)c1cc([N+](=O)[O-])cs1. The number of anilines is 1. The van der Waals surface area contributed by atoms with Crippen LogP contribution in [0.15, 0.2) is 53.1 Å². The number of thiophene rings is 1. The third-order valence-corrected chi connectivity index (χ3v) is 4.13. The van der Waals surface area contributed by atoms with Crippen LogP contribution < -0.4 is 5.43 Å². The van der Waals surface area contributed by atoms with E-state index in [2.05, 4.69) is 25.7 Å². The Morgan fingerprint density at radius 1 is 1.33 bits per heavy atom. The zero-order chi connectivity index (χ0) is 16.9. The molecule has 0 aliphatic rings. The van der Waals surface area contributed by atoms with Gasteiger partial charge in [0.2, 0.25) is 0 Å². The fourth-order valence-electron chi connectivity index (χ4n) is 1.90. The molecule has 0 fully saturated rings. The van der Waals surface area contributed by atoms with Crippen molar-refractivity contribution in [1.29, 1.82) is 0 Å². The Kier molecular flexibility index (Phi) is 4.52. The lowest BCUT2D eigenvalue weighted by Gasteiger charge is -2.03. The predicted molar refractivity (Wildman–Crippen MR) is 92.1 cm³/mol. The summed E-state index contributed by atoms with van der Waals surface area (Å²) >= 11 is 1.25. The van der Waals surface area contributed by atoms with Gasteiger partial charge < -0.3 is 0 Å². The summed E-state index contributed by atoms with van der Waals surface area (Å²) in [5.41, 5.74) is 4.98. The first-order chi connectivity index (χ1) is 11.6. The van der Waals surface area contributed by atoms with Gasteiger partial charge in [-0.05, 0) is 6.92 Å². The van der Waals surface area contributed by atoms with Crippen molar-refractivity contribution in [3.05, 3.63) is 63.0 Å². The van der Waals surface area contributed by atoms with E-state index in [0.717, 1.165) is 5.56 Å². The van der Waals surface area contributed by atoms with E-state index in [-0.39, 0.29) is 11.6 Å². The molecule has 0 saturated heterocycles. The number of hydrogen-bond donors (Lipinski definition) is 1. The Labute approximate surface area is 141 Å². The molecule has 0 aliphatic carbocycles. The van der Waals surface area contributed by atoms with Gasteiger partial charge in [-0.1, -0.05) is 30.3 Å². The highest BCUT2D eigenvalue weighted by molar-refractivity contribution is 7.12. The number of hydrogen-bond acceptors (Lipinski definition) is 8. The van der Waals surface area contributed by atoms with Gasteiger partial charge in [-0.2, -0.15) is 10.2 Å². The second kappa shape index (κ2) is 6.92. The molecule has 0 aliphatic heterocycles. The van der Waals surface area contributed by atoms with E-state index >= 15 is 0 Å². The molecule has 9 heteroatoms. The average molecular weight is 340 g/mol. The topological polar surface area (TPSA) is 106 Å². The summed E-state index contributed by atoms with van der Waals surface area (Å²) in [5, 5.41) is 24.1. The Morgan fingerprint density at radius 2 is 2.12 bits per heavy atom. The molecular weight excluding hydrogens is 328 g/mol. The monoisotopic (exact) mass is 340 g/mol. The van der Waals surface area contributed by atoms with Crippen LogP contribution in [-0.2, 0) is 0 Å². The van der Waals surface area contributed by atoms with E-state index in [1.165, 1.54) is 22.8 Å². The lowest BCUT2D eigenvalue weighted by molar-refractivity contribution is -0.384. The number of rotatable bonds is 5. The third-order valence-electron chi connectivity index (χ3n) is 3.11. The molecule has 1 aromatic carbocycles. The molecule has 0 radical (unpaired) electrons. The van der Waals surface area contributed by atoms with Crippen LogP contribution in [0.1, 0.15) is 11.8 Å². The molecule has 2 aromatic heterocycles. The number of aromatic nitrogens is 3. The summed E-state index contributed by atoms with van der Waals surface area (Å²) in [6.45, 7) is 1.75. The van der Waals surface area contributed by atoms with Crippen LogP contribution in [0.5, 0.6) is 0 Å². The van der Waals surface area contributed by atoms with Crippen molar-refractivity contribution in [3.8, 4) is 11.3 Å². The second-order valence-electron chi connectivity index (χ2n) is 4.77. The molecular formula is C15H12N6O2S. The van der Waals surface area contributed by atoms with Crippen LogP contribution in [0, 0.1) is 10.1 Å². The summed E-state index contributed by atoms with van der Waals surface area (Å²) in [6, 6.07) is 11.1. The van der Waals surface area contributed by atoms with E-state index < -0.39 is 4.92 Å². The molecule has 3 rings (SSSR count). The third kappa shape index (κ3) is 3.58. The molecule has 0 bridgehead atoms. The van der Waals surface area contributed by atoms with E-state index in [1.54, 1.807) is 13.1 Å². The van der Waals surface area contributed by atoms with Gasteiger partial charge in [-0.3, -0.25) is 10.1 Å². The van der Waals surface area contributed by atoms with E-state index in [9.17, 15) is 10.1 Å². The molecule has 0 atom stereocenters. The number of benzene rings is 1. The molecule has 3 aromatic rings. The predicted octanol–water partition coefficient (Wildman–Crippen LogP) is 3.34. The van der Waals surface area contributed by atoms with Crippen LogP contribution >= 0.6 is 11.3 Å². The maximum Gasteiger partial charge on any atom is 0.280 e. The quantitative estimate of drug-likeness (QED) is 0.434.